The molecule has 2 aromatic rings. The summed E-state index contributed by atoms with van der Waals surface area (Å²) in [4.78, 5) is 12.7. The molecule has 1 atom stereocenters. The summed E-state index contributed by atoms with van der Waals surface area (Å²) >= 11 is 5.93. The first kappa shape index (κ1) is 18.5. The van der Waals surface area contributed by atoms with Crippen molar-refractivity contribution in [3.8, 4) is 5.75 Å². The number of anilines is 2. The molecule has 0 saturated carbocycles. The fourth-order valence-electron chi connectivity index (χ4n) is 2.74. The molecule has 1 aliphatic heterocycles. The van der Waals surface area contributed by atoms with Crippen LogP contribution in [0.3, 0.4) is 0 Å². The molecule has 0 fully saturated rings. The van der Waals surface area contributed by atoms with Gasteiger partial charge in [-0.05, 0) is 49.7 Å². The Morgan fingerprint density at radius 1 is 1.31 bits per heavy atom. The van der Waals surface area contributed by atoms with Gasteiger partial charge in [0, 0.05) is 10.7 Å². The highest BCUT2D eigenvalue weighted by Gasteiger charge is 2.36. The second-order valence-corrected chi connectivity index (χ2v) is 8.57. The maximum atomic E-state index is 12.7. The van der Waals surface area contributed by atoms with Crippen molar-refractivity contribution >= 4 is 38.9 Å². The van der Waals surface area contributed by atoms with Crippen LogP contribution in [-0.4, -0.2) is 32.7 Å². The van der Waals surface area contributed by atoms with E-state index in [1.54, 1.807) is 49.4 Å². The number of ether oxygens (including phenoxy) is 1. The van der Waals surface area contributed by atoms with Crippen molar-refractivity contribution in [2.45, 2.75) is 20.0 Å². The summed E-state index contributed by atoms with van der Waals surface area (Å²) in [6.45, 7) is 3.32. The summed E-state index contributed by atoms with van der Waals surface area (Å²) in [7, 11) is -3.53. The summed E-state index contributed by atoms with van der Waals surface area (Å²) in [6.07, 6.45) is -0.957. The van der Waals surface area contributed by atoms with Gasteiger partial charge >= 0.3 is 0 Å². The van der Waals surface area contributed by atoms with Gasteiger partial charge in [-0.25, -0.2) is 8.42 Å². The highest BCUT2D eigenvalue weighted by atomic mass is 35.5. The van der Waals surface area contributed by atoms with Crippen LogP contribution in [0.2, 0.25) is 5.02 Å². The van der Waals surface area contributed by atoms with Crippen LogP contribution in [-0.2, 0) is 14.8 Å². The smallest absolute Gasteiger partial charge is 0.267 e. The topological polar surface area (TPSA) is 75.7 Å². The van der Waals surface area contributed by atoms with Gasteiger partial charge in [0.1, 0.15) is 5.75 Å². The summed E-state index contributed by atoms with van der Waals surface area (Å²) in [5.41, 5.74) is 1.85. The number of fused-ring (bicyclic) bond motifs is 1. The van der Waals surface area contributed by atoms with Gasteiger partial charge in [-0.15, -0.1) is 0 Å². The summed E-state index contributed by atoms with van der Waals surface area (Å²) in [6, 6.07) is 11.9. The second kappa shape index (κ2) is 7.17. The first-order chi connectivity index (χ1) is 12.3. The number of carbonyl (C=O) groups excluding carboxylic acids is 1. The number of nitrogens with zero attached hydrogens (tertiary/aromatic N) is 1. The molecule has 1 aliphatic rings. The van der Waals surface area contributed by atoms with Gasteiger partial charge in [0.15, 0.2) is 6.10 Å². The molecule has 0 aromatic heterocycles. The lowest BCUT2D eigenvalue weighted by Gasteiger charge is -2.34. The van der Waals surface area contributed by atoms with Crippen molar-refractivity contribution < 1.29 is 17.9 Å². The van der Waals surface area contributed by atoms with Crippen molar-refractivity contribution in [1.29, 1.82) is 0 Å². The summed E-state index contributed by atoms with van der Waals surface area (Å²) in [5, 5.41) is 3.36. The minimum Gasteiger partial charge on any atom is -0.476 e. The maximum absolute atomic E-state index is 12.7. The number of nitrogens with one attached hydrogen (secondary N) is 1. The zero-order chi connectivity index (χ0) is 18.9. The van der Waals surface area contributed by atoms with E-state index in [0.717, 1.165) is 5.56 Å². The molecule has 0 radical (unpaired) electrons. The molecule has 1 N–H and O–H groups in total. The Kier molecular flexibility index (Phi) is 5.11. The van der Waals surface area contributed by atoms with Crippen molar-refractivity contribution in [1.82, 2.24) is 0 Å². The van der Waals surface area contributed by atoms with Crippen molar-refractivity contribution in [3.63, 3.8) is 0 Å². The average molecular weight is 395 g/mol. The quantitative estimate of drug-likeness (QED) is 0.863. The molecule has 138 valence electrons. The predicted molar refractivity (Wildman–Crippen MR) is 102 cm³/mol. The van der Waals surface area contributed by atoms with Crippen LogP contribution in [0.4, 0.5) is 11.4 Å². The number of aryl methyl sites for hydroxylation is 1. The van der Waals surface area contributed by atoms with Gasteiger partial charge < -0.3 is 10.1 Å². The zero-order valence-electron chi connectivity index (χ0n) is 14.4. The minimum absolute atomic E-state index is 0.0635. The number of carbonyl (C=O) groups is 1. The normalized spacial score (nSPS) is 16.6. The van der Waals surface area contributed by atoms with Crippen LogP contribution in [0, 0.1) is 6.92 Å². The van der Waals surface area contributed by atoms with E-state index >= 15 is 0 Å². The largest absolute Gasteiger partial charge is 0.476 e. The van der Waals surface area contributed by atoms with Crippen molar-refractivity contribution in [2.75, 3.05) is 21.9 Å². The minimum atomic E-state index is -3.53. The monoisotopic (exact) mass is 394 g/mol. The second-order valence-electron chi connectivity index (χ2n) is 5.95. The van der Waals surface area contributed by atoms with Crippen LogP contribution in [0.5, 0.6) is 5.75 Å². The van der Waals surface area contributed by atoms with E-state index in [1.807, 2.05) is 6.92 Å². The molecule has 1 amide bonds. The Hall–Kier alpha value is -2.25. The van der Waals surface area contributed by atoms with E-state index in [1.165, 1.54) is 4.31 Å². The van der Waals surface area contributed by atoms with Crippen LogP contribution in [0.25, 0.3) is 0 Å². The van der Waals surface area contributed by atoms with Gasteiger partial charge in [-0.3, -0.25) is 9.10 Å². The van der Waals surface area contributed by atoms with Crippen LogP contribution < -0.4 is 14.4 Å². The van der Waals surface area contributed by atoms with Crippen LogP contribution in [0.1, 0.15) is 12.5 Å². The number of hydrogen-bond acceptors (Lipinski definition) is 4. The third-order valence-electron chi connectivity index (χ3n) is 4.17. The molecule has 8 heteroatoms. The van der Waals surface area contributed by atoms with Crippen molar-refractivity contribution in [2.24, 2.45) is 0 Å². The predicted octanol–water partition coefficient (Wildman–Crippen LogP) is 3.20. The van der Waals surface area contributed by atoms with Crippen LogP contribution in [0.15, 0.2) is 42.5 Å². The summed E-state index contributed by atoms with van der Waals surface area (Å²) < 4.78 is 31.9. The Morgan fingerprint density at radius 3 is 2.73 bits per heavy atom. The molecule has 3 rings (SSSR count). The highest BCUT2D eigenvalue weighted by Crippen LogP contribution is 2.35. The van der Waals surface area contributed by atoms with Gasteiger partial charge in [0.05, 0.1) is 18.0 Å². The Morgan fingerprint density at radius 2 is 2.04 bits per heavy atom. The summed E-state index contributed by atoms with van der Waals surface area (Å²) in [5.74, 6) is -0.114. The molecular formula is C18H19ClN2O4S. The molecule has 0 unspecified atom stereocenters. The first-order valence-electron chi connectivity index (χ1n) is 8.15. The Labute approximate surface area is 157 Å². The van der Waals surface area contributed by atoms with Gasteiger partial charge in [-0.1, -0.05) is 23.7 Å². The standard InChI is InChI=1S/C18H19ClN2O4S/c1-3-26(23,24)21-11-17(25-16-7-5-4-6-15(16)21)18(22)20-14-9-8-13(19)10-12(14)2/h4-10,17H,3,11H2,1-2H3,(H,20,22)/t17-/m1/s1. The van der Waals surface area contributed by atoms with E-state index in [2.05, 4.69) is 5.32 Å². The molecule has 6 nitrogen and oxygen atoms in total. The maximum Gasteiger partial charge on any atom is 0.267 e. The number of hydrogen-bond donors (Lipinski definition) is 1. The number of sulfonamides is 1. The van der Waals surface area contributed by atoms with E-state index in [0.29, 0.717) is 22.1 Å². The number of benzene rings is 2. The van der Waals surface area contributed by atoms with E-state index < -0.39 is 22.0 Å². The molecule has 0 bridgehead atoms. The van der Waals surface area contributed by atoms with E-state index in [-0.39, 0.29) is 12.3 Å². The molecule has 0 aliphatic carbocycles. The molecular weight excluding hydrogens is 376 g/mol. The average Bonchev–Trinajstić information content (AvgIpc) is 2.63. The number of amides is 1. The highest BCUT2D eigenvalue weighted by molar-refractivity contribution is 7.92. The molecule has 26 heavy (non-hydrogen) atoms. The fourth-order valence-corrected chi connectivity index (χ4v) is 4.09. The lowest BCUT2D eigenvalue weighted by Crippen LogP contribution is -2.49. The Bertz CT molecular complexity index is 946. The first-order valence-corrected chi connectivity index (χ1v) is 10.1. The van der Waals surface area contributed by atoms with Gasteiger partial charge in [0.2, 0.25) is 10.0 Å². The van der Waals surface area contributed by atoms with Crippen molar-refractivity contribution in [3.05, 3.63) is 53.1 Å². The lowest BCUT2D eigenvalue weighted by atomic mass is 10.1. The van der Waals surface area contributed by atoms with E-state index in [9.17, 15) is 13.2 Å². The Balaban J connectivity index is 1.88. The SMILES string of the molecule is CCS(=O)(=O)N1C[C@H](C(=O)Nc2ccc(Cl)cc2C)Oc2ccccc21. The van der Waals surface area contributed by atoms with E-state index in [4.69, 9.17) is 16.3 Å². The number of rotatable bonds is 4. The molecule has 0 spiro atoms. The third-order valence-corrected chi connectivity index (χ3v) is 6.16. The van der Waals surface area contributed by atoms with Gasteiger partial charge in [-0.2, -0.15) is 0 Å². The molecule has 2 aromatic carbocycles. The number of para-hydroxylation sites is 2. The lowest BCUT2D eigenvalue weighted by molar-refractivity contribution is -0.122. The number of halogens is 1. The molecule has 0 saturated heterocycles. The van der Waals surface area contributed by atoms with Gasteiger partial charge in [0.25, 0.3) is 5.91 Å². The zero-order valence-corrected chi connectivity index (χ0v) is 16.0. The third kappa shape index (κ3) is 3.64. The molecule has 1 heterocycles. The fraction of sp³-hybridized carbons (Fsp3) is 0.278. The van der Waals surface area contributed by atoms with Crippen LogP contribution >= 0.6 is 11.6 Å².